The maximum absolute atomic E-state index is 5.58. The Labute approximate surface area is 81.2 Å². The standard InChI is InChI=1S/C10H22N2O/c1-3-9(4-6-11)12-7-5-10(8-12)13-2/h9-10H,3-8,11H2,1-2H3. The molecule has 0 amide bonds. The van der Waals surface area contributed by atoms with Gasteiger partial charge in [-0.2, -0.15) is 0 Å². The average Bonchev–Trinajstić information content (AvgIpc) is 2.62. The van der Waals surface area contributed by atoms with E-state index in [1.807, 2.05) is 0 Å². The predicted octanol–water partition coefficient (Wildman–Crippen LogP) is 0.835. The van der Waals surface area contributed by atoms with E-state index >= 15 is 0 Å². The molecule has 0 aromatic rings. The number of methoxy groups -OCH3 is 1. The van der Waals surface area contributed by atoms with Gasteiger partial charge in [0.2, 0.25) is 0 Å². The van der Waals surface area contributed by atoms with Crippen molar-refractivity contribution in [1.82, 2.24) is 4.90 Å². The second kappa shape index (κ2) is 5.58. The largest absolute Gasteiger partial charge is 0.380 e. The molecule has 3 heteroatoms. The first-order chi connectivity index (χ1) is 6.31. The number of likely N-dealkylation sites (tertiary alicyclic amines) is 1. The van der Waals surface area contributed by atoms with E-state index in [0.29, 0.717) is 12.1 Å². The summed E-state index contributed by atoms with van der Waals surface area (Å²) in [5, 5.41) is 0. The molecule has 2 N–H and O–H groups in total. The fraction of sp³-hybridized carbons (Fsp3) is 1.00. The van der Waals surface area contributed by atoms with Gasteiger partial charge in [0.05, 0.1) is 6.10 Å². The fourth-order valence-electron chi connectivity index (χ4n) is 2.12. The van der Waals surface area contributed by atoms with Gasteiger partial charge in [-0.25, -0.2) is 0 Å². The van der Waals surface area contributed by atoms with E-state index in [4.69, 9.17) is 10.5 Å². The van der Waals surface area contributed by atoms with Crippen LogP contribution in [0, 0.1) is 0 Å². The number of hydrogen-bond acceptors (Lipinski definition) is 3. The van der Waals surface area contributed by atoms with Gasteiger partial charge in [0.15, 0.2) is 0 Å². The van der Waals surface area contributed by atoms with Crippen LogP contribution in [0.1, 0.15) is 26.2 Å². The topological polar surface area (TPSA) is 38.5 Å². The summed E-state index contributed by atoms with van der Waals surface area (Å²) in [5.41, 5.74) is 5.58. The monoisotopic (exact) mass is 186 g/mol. The Hall–Kier alpha value is -0.120. The number of rotatable bonds is 5. The summed E-state index contributed by atoms with van der Waals surface area (Å²) in [5.74, 6) is 0. The van der Waals surface area contributed by atoms with Gasteiger partial charge in [-0.1, -0.05) is 6.92 Å². The van der Waals surface area contributed by atoms with E-state index in [1.165, 1.54) is 19.4 Å². The van der Waals surface area contributed by atoms with Gasteiger partial charge in [-0.05, 0) is 25.8 Å². The lowest BCUT2D eigenvalue weighted by molar-refractivity contribution is 0.0994. The number of nitrogens with two attached hydrogens (primary N) is 1. The Kier molecular flexibility index (Phi) is 4.70. The summed E-state index contributed by atoms with van der Waals surface area (Å²) in [6.07, 6.45) is 3.95. The van der Waals surface area contributed by atoms with Crippen molar-refractivity contribution >= 4 is 0 Å². The smallest absolute Gasteiger partial charge is 0.0710 e. The van der Waals surface area contributed by atoms with Gasteiger partial charge >= 0.3 is 0 Å². The average molecular weight is 186 g/mol. The van der Waals surface area contributed by atoms with Crippen molar-refractivity contribution in [3.63, 3.8) is 0 Å². The normalized spacial score (nSPS) is 26.5. The fourth-order valence-corrected chi connectivity index (χ4v) is 2.12. The number of nitrogens with zero attached hydrogens (tertiary/aromatic N) is 1. The molecule has 2 unspecified atom stereocenters. The maximum Gasteiger partial charge on any atom is 0.0710 e. The molecule has 13 heavy (non-hydrogen) atoms. The molecule has 1 aliphatic heterocycles. The second-order valence-electron chi connectivity index (χ2n) is 3.78. The quantitative estimate of drug-likeness (QED) is 0.691. The molecule has 3 nitrogen and oxygen atoms in total. The highest BCUT2D eigenvalue weighted by Gasteiger charge is 2.26. The maximum atomic E-state index is 5.58. The molecule has 0 aromatic heterocycles. The lowest BCUT2D eigenvalue weighted by atomic mass is 10.1. The highest BCUT2D eigenvalue weighted by atomic mass is 16.5. The zero-order chi connectivity index (χ0) is 9.68. The van der Waals surface area contributed by atoms with Crippen molar-refractivity contribution in [2.24, 2.45) is 5.73 Å². The van der Waals surface area contributed by atoms with Crippen LogP contribution in [0.2, 0.25) is 0 Å². The van der Waals surface area contributed by atoms with E-state index < -0.39 is 0 Å². The van der Waals surface area contributed by atoms with Crippen LogP contribution < -0.4 is 5.73 Å². The third-order valence-corrected chi connectivity index (χ3v) is 3.00. The minimum absolute atomic E-state index is 0.451. The van der Waals surface area contributed by atoms with Crippen LogP contribution in [0.25, 0.3) is 0 Å². The van der Waals surface area contributed by atoms with Crippen LogP contribution >= 0.6 is 0 Å². The third kappa shape index (κ3) is 2.93. The predicted molar refractivity (Wildman–Crippen MR) is 54.7 cm³/mol. The Balaban J connectivity index is 2.33. The molecular formula is C10H22N2O. The SMILES string of the molecule is CCC(CCN)N1CCC(OC)C1. The Morgan fingerprint density at radius 2 is 2.38 bits per heavy atom. The molecule has 1 rings (SSSR count). The lowest BCUT2D eigenvalue weighted by Gasteiger charge is -2.26. The summed E-state index contributed by atoms with van der Waals surface area (Å²) < 4.78 is 5.34. The van der Waals surface area contributed by atoms with Crippen molar-refractivity contribution in [2.75, 3.05) is 26.7 Å². The molecule has 2 atom stereocenters. The van der Waals surface area contributed by atoms with Gasteiger partial charge in [-0.3, -0.25) is 4.90 Å². The molecule has 0 saturated carbocycles. The molecular weight excluding hydrogens is 164 g/mol. The van der Waals surface area contributed by atoms with E-state index in [9.17, 15) is 0 Å². The van der Waals surface area contributed by atoms with Crippen molar-refractivity contribution in [2.45, 2.75) is 38.3 Å². The first-order valence-electron chi connectivity index (χ1n) is 5.28. The van der Waals surface area contributed by atoms with E-state index in [0.717, 1.165) is 19.5 Å². The molecule has 0 aromatic carbocycles. The highest BCUT2D eigenvalue weighted by molar-refractivity contribution is 4.81. The minimum Gasteiger partial charge on any atom is -0.380 e. The van der Waals surface area contributed by atoms with Gasteiger partial charge in [0, 0.05) is 26.2 Å². The van der Waals surface area contributed by atoms with Crippen molar-refractivity contribution in [3.8, 4) is 0 Å². The van der Waals surface area contributed by atoms with Crippen LogP contribution in [0.3, 0.4) is 0 Å². The van der Waals surface area contributed by atoms with E-state index in [2.05, 4.69) is 11.8 Å². The Morgan fingerprint density at radius 1 is 1.62 bits per heavy atom. The third-order valence-electron chi connectivity index (χ3n) is 3.00. The van der Waals surface area contributed by atoms with Crippen molar-refractivity contribution < 1.29 is 4.74 Å². The molecule has 1 aliphatic rings. The Bertz CT molecular complexity index is 141. The molecule has 0 radical (unpaired) electrons. The first-order valence-corrected chi connectivity index (χ1v) is 5.28. The van der Waals surface area contributed by atoms with Crippen molar-refractivity contribution in [3.05, 3.63) is 0 Å². The molecule has 78 valence electrons. The number of ether oxygens (including phenoxy) is 1. The Morgan fingerprint density at radius 3 is 2.85 bits per heavy atom. The van der Waals surface area contributed by atoms with Crippen LogP contribution in [-0.2, 0) is 4.74 Å². The summed E-state index contributed by atoms with van der Waals surface area (Å²) in [6.45, 7) is 5.30. The second-order valence-corrected chi connectivity index (χ2v) is 3.78. The molecule has 0 spiro atoms. The zero-order valence-corrected chi connectivity index (χ0v) is 8.83. The van der Waals surface area contributed by atoms with Gasteiger partial charge in [0.1, 0.15) is 0 Å². The highest BCUT2D eigenvalue weighted by Crippen LogP contribution is 2.18. The van der Waals surface area contributed by atoms with Gasteiger partial charge in [-0.15, -0.1) is 0 Å². The summed E-state index contributed by atoms with van der Waals surface area (Å²) in [7, 11) is 1.80. The summed E-state index contributed by atoms with van der Waals surface area (Å²) in [6, 6.07) is 0.671. The molecule has 1 heterocycles. The number of hydrogen-bond donors (Lipinski definition) is 1. The van der Waals surface area contributed by atoms with Crippen LogP contribution in [-0.4, -0.2) is 43.8 Å². The van der Waals surface area contributed by atoms with Gasteiger partial charge in [0.25, 0.3) is 0 Å². The summed E-state index contributed by atoms with van der Waals surface area (Å²) in [4.78, 5) is 2.51. The van der Waals surface area contributed by atoms with Crippen LogP contribution in [0.5, 0.6) is 0 Å². The molecule has 0 aliphatic carbocycles. The first kappa shape index (κ1) is 11.0. The van der Waals surface area contributed by atoms with Gasteiger partial charge < -0.3 is 10.5 Å². The zero-order valence-electron chi connectivity index (χ0n) is 8.83. The lowest BCUT2D eigenvalue weighted by Crippen LogP contribution is -2.35. The van der Waals surface area contributed by atoms with Crippen molar-refractivity contribution in [1.29, 1.82) is 0 Å². The minimum atomic E-state index is 0.451. The molecule has 0 bridgehead atoms. The van der Waals surface area contributed by atoms with E-state index in [-0.39, 0.29) is 0 Å². The molecule has 1 fully saturated rings. The van der Waals surface area contributed by atoms with E-state index in [1.54, 1.807) is 7.11 Å². The van der Waals surface area contributed by atoms with Crippen LogP contribution in [0.15, 0.2) is 0 Å². The summed E-state index contributed by atoms with van der Waals surface area (Å²) >= 11 is 0. The van der Waals surface area contributed by atoms with Crippen LogP contribution in [0.4, 0.5) is 0 Å². The molecule has 1 saturated heterocycles.